The van der Waals surface area contributed by atoms with Gasteiger partial charge in [0.1, 0.15) is 0 Å². The van der Waals surface area contributed by atoms with Crippen molar-refractivity contribution in [1.82, 2.24) is 19.6 Å². The summed E-state index contributed by atoms with van der Waals surface area (Å²) in [5, 5.41) is 0. The summed E-state index contributed by atoms with van der Waals surface area (Å²) in [4.78, 5) is 34.0. The summed E-state index contributed by atoms with van der Waals surface area (Å²) in [6.07, 6.45) is 7.39. The van der Waals surface area contributed by atoms with Crippen LogP contribution in [-0.2, 0) is 9.59 Å². The second-order valence-corrected chi connectivity index (χ2v) is 9.05. The number of rotatable bonds is 7. The van der Waals surface area contributed by atoms with Crippen LogP contribution in [0.5, 0.6) is 11.5 Å². The quantitative estimate of drug-likeness (QED) is 0.581. The summed E-state index contributed by atoms with van der Waals surface area (Å²) < 4.78 is 10.6. The lowest BCUT2D eigenvalue weighted by Crippen LogP contribution is -2.56. The van der Waals surface area contributed by atoms with Crippen molar-refractivity contribution in [2.45, 2.75) is 25.3 Å². The van der Waals surface area contributed by atoms with E-state index in [1.54, 1.807) is 26.4 Å². The minimum Gasteiger partial charge on any atom is -0.493 e. The smallest absolute Gasteiger partial charge is 0.246 e. The van der Waals surface area contributed by atoms with Crippen LogP contribution in [0, 0.1) is 0 Å². The number of carbonyl (C=O) groups is 2. The second kappa shape index (κ2) is 11.0. The topological polar surface area (TPSA) is 65.6 Å². The van der Waals surface area contributed by atoms with Gasteiger partial charge < -0.3 is 19.3 Å². The molecule has 1 aliphatic carbocycles. The van der Waals surface area contributed by atoms with Crippen molar-refractivity contribution < 1.29 is 19.1 Å². The van der Waals surface area contributed by atoms with E-state index in [0.29, 0.717) is 31.1 Å². The molecule has 2 amide bonds. The molecule has 0 spiro atoms. The van der Waals surface area contributed by atoms with Crippen LogP contribution < -0.4 is 9.47 Å². The number of carbonyl (C=O) groups excluding carboxylic acids is 2. The number of methoxy groups -OCH3 is 2. The van der Waals surface area contributed by atoms with E-state index in [-0.39, 0.29) is 11.8 Å². The highest BCUT2D eigenvalue weighted by molar-refractivity contribution is 5.92. The van der Waals surface area contributed by atoms with E-state index in [1.807, 2.05) is 28.0 Å². The summed E-state index contributed by atoms with van der Waals surface area (Å²) in [6.45, 7) is 6.87. The van der Waals surface area contributed by atoms with E-state index < -0.39 is 0 Å². The third-order valence-electron chi connectivity index (χ3n) is 7.13. The zero-order valence-electron chi connectivity index (χ0n) is 19.9. The third-order valence-corrected chi connectivity index (χ3v) is 7.13. The summed E-state index contributed by atoms with van der Waals surface area (Å²) in [5.41, 5.74) is 0.877. The molecule has 1 aromatic rings. The Morgan fingerprint density at radius 3 is 2.18 bits per heavy atom. The molecule has 0 N–H and O–H groups in total. The zero-order chi connectivity index (χ0) is 23.2. The monoisotopic (exact) mass is 456 g/mol. The number of hydrogen-bond acceptors (Lipinski definition) is 6. The summed E-state index contributed by atoms with van der Waals surface area (Å²) in [6, 6.07) is 6.32. The van der Waals surface area contributed by atoms with Gasteiger partial charge in [0.15, 0.2) is 11.5 Å². The maximum Gasteiger partial charge on any atom is 0.246 e. The predicted molar refractivity (Wildman–Crippen MR) is 127 cm³/mol. The van der Waals surface area contributed by atoms with Gasteiger partial charge in [0.25, 0.3) is 0 Å². The van der Waals surface area contributed by atoms with Crippen LogP contribution in [0.2, 0.25) is 0 Å². The number of nitrogens with zero attached hydrogens (tertiary/aromatic N) is 4. The lowest BCUT2D eigenvalue weighted by Gasteiger charge is -2.43. The first kappa shape index (κ1) is 23.6. The Labute approximate surface area is 196 Å². The fraction of sp³-hybridized carbons (Fsp3) is 0.600. The molecular formula is C25H36N4O4. The van der Waals surface area contributed by atoms with E-state index in [1.165, 1.54) is 19.3 Å². The van der Waals surface area contributed by atoms with Crippen molar-refractivity contribution in [3.8, 4) is 11.5 Å². The molecule has 4 rings (SSSR count). The Balaban J connectivity index is 1.19. The fourth-order valence-electron chi connectivity index (χ4n) is 4.74. The van der Waals surface area contributed by atoms with Gasteiger partial charge in [-0.25, -0.2) is 0 Å². The Bertz CT molecular complexity index is 854. The van der Waals surface area contributed by atoms with Crippen LogP contribution in [-0.4, -0.2) is 111 Å². The lowest BCUT2D eigenvalue weighted by molar-refractivity contribution is -0.135. The molecule has 3 fully saturated rings. The zero-order valence-corrected chi connectivity index (χ0v) is 19.9. The van der Waals surface area contributed by atoms with Gasteiger partial charge in [-0.2, -0.15) is 0 Å². The van der Waals surface area contributed by atoms with E-state index in [0.717, 1.165) is 50.9 Å². The first-order valence-corrected chi connectivity index (χ1v) is 12.0. The van der Waals surface area contributed by atoms with Crippen LogP contribution >= 0.6 is 0 Å². The fourth-order valence-corrected chi connectivity index (χ4v) is 4.74. The average molecular weight is 457 g/mol. The van der Waals surface area contributed by atoms with Crippen molar-refractivity contribution in [3.05, 3.63) is 29.8 Å². The molecular weight excluding hydrogens is 420 g/mol. The standard InChI is InChI=1S/C25H36N4O4/c1-32-22-8-6-20(18-23(22)33-2)7-9-24(30)28-12-10-26(11-13-28)19-25(31)29-16-14-27(15-17-29)21-4-3-5-21/h6-9,18,21H,3-5,10-17,19H2,1-2H3. The van der Waals surface area contributed by atoms with Gasteiger partial charge >= 0.3 is 0 Å². The maximum atomic E-state index is 12.8. The Kier molecular flexibility index (Phi) is 7.88. The van der Waals surface area contributed by atoms with Crippen LogP contribution in [0.25, 0.3) is 6.08 Å². The lowest BCUT2D eigenvalue weighted by atomic mass is 9.91. The highest BCUT2D eigenvalue weighted by atomic mass is 16.5. The second-order valence-electron chi connectivity index (χ2n) is 9.05. The molecule has 2 saturated heterocycles. The van der Waals surface area contributed by atoms with Crippen molar-refractivity contribution in [3.63, 3.8) is 0 Å². The van der Waals surface area contributed by atoms with Crippen LogP contribution in [0.4, 0.5) is 0 Å². The molecule has 0 atom stereocenters. The van der Waals surface area contributed by atoms with Crippen molar-refractivity contribution in [1.29, 1.82) is 0 Å². The maximum absolute atomic E-state index is 12.8. The van der Waals surface area contributed by atoms with E-state index >= 15 is 0 Å². The van der Waals surface area contributed by atoms with E-state index in [4.69, 9.17) is 9.47 Å². The molecule has 2 heterocycles. The molecule has 8 heteroatoms. The normalized spacial score (nSPS) is 20.7. The SMILES string of the molecule is COc1ccc(C=CC(=O)N2CCN(CC(=O)N3CCN(C4CCC4)CC3)CC2)cc1OC. The number of ether oxygens (including phenoxy) is 2. The molecule has 180 valence electrons. The highest BCUT2D eigenvalue weighted by Gasteiger charge is 2.30. The van der Waals surface area contributed by atoms with Crippen LogP contribution in [0.3, 0.4) is 0 Å². The van der Waals surface area contributed by atoms with Gasteiger partial charge in [-0.3, -0.25) is 19.4 Å². The molecule has 0 radical (unpaired) electrons. The van der Waals surface area contributed by atoms with Gasteiger partial charge in [-0.1, -0.05) is 12.5 Å². The first-order chi connectivity index (χ1) is 16.1. The molecule has 2 aliphatic heterocycles. The number of amides is 2. The van der Waals surface area contributed by atoms with Crippen molar-refractivity contribution >= 4 is 17.9 Å². The van der Waals surface area contributed by atoms with Gasteiger partial charge in [0.05, 0.1) is 20.8 Å². The molecule has 0 unspecified atom stereocenters. The van der Waals surface area contributed by atoms with Crippen LogP contribution in [0.1, 0.15) is 24.8 Å². The minimum atomic E-state index is -0.0112. The molecule has 33 heavy (non-hydrogen) atoms. The van der Waals surface area contributed by atoms with Gasteiger partial charge in [-0.15, -0.1) is 0 Å². The minimum absolute atomic E-state index is 0.0112. The third kappa shape index (κ3) is 5.86. The van der Waals surface area contributed by atoms with Crippen molar-refractivity contribution in [2.75, 3.05) is 73.1 Å². The Hall–Kier alpha value is -2.58. The Morgan fingerprint density at radius 2 is 1.58 bits per heavy atom. The molecule has 1 saturated carbocycles. The summed E-state index contributed by atoms with van der Waals surface area (Å²) >= 11 is 0. The van der Waals surface area contributed by atoms with Gasteiger partial charge in [-0.05, 0) is 36.6 Å². The van der Waals surface area contributed by atoms with Crippen LogP contribution in [0.15, 0.2) is 24.3 Å². The highest BCUT2D eigenvalue weighted by Crippen LogP contribution is 2.28. The largest absolute Gasteiger partial charge is 0.493 e. The summed E-state index contributed by atoms with van der Waals surface area (Å²) in [7, 11) is 3.19. The molecule has 0 bridgehead atoms. The van der Waals surface area contributed by atoms with Gasteiger partial charge in [0.2, 0.25) is 11.8 Å². The van der Waals surface area contributed by atoms with E-state index in [9.17, 15) is 9.59 Å². The molecule has 3 aliphatic rings. The molecule has 8 nitrogen and oxygen atoms in total. The van der Waals surface area contributed by atoms with Gasteiger partial charge in [0, 0.05) is 64.5 Å². The number of piperazine rings is 2. The first-order valence-electron chi connectivity index (χ1n) is 12.0. The number of benzene rings is 1. The molecule has 1 aromatic carbocycles. The average Bonchev–Trinajstić information content (AvgIpc) is 2.82. The Morgan fingerprint density at radius 1 is 0.909 bits per heavy atom. The van der Waals surface area contributed by atoms with E-state index in [2.05, 4.69) is 9.80 Å². The number of hydrogen-bond donors (Lipinski definition) is 0. The predicted octanol–water partition coefficient (Wildman–Crippen LogP) is 1.56. The van der Waals surface area contributed by atoms with Crippen molar-refractivity contribution in [2.24, 2.45) is 0 Å². The summed E-state index contributed by atoms with van der Waals surface area (Å²) in [5.74, 6) is 1.50. The molecule has 0 aromatic heterocycles.